The molecule has 1 N–H and O–H groups in total. The van der Waals surface area contributed by atoms with Gasteiger partial charge in [-0.25, -0.2) is 4.79 Å². The molecule has 8 heteroatoms. The zero-order valence-electron chi connectivity index (χ0n) is 24.9. The highest BCUT2D eigenvalue weighted by Crippen LogP contribution is 2.12. The number of likely N-dealkylation sites (N-methyl/N-ethyl adjacent to an activating group) is 1. The number of aliphatic carboxylic acids is 1. The molecule has 2 atom stereocenters. The number of hydrogen-bond acceptors (Lipinski definition) is 6. The molecule has 0 rings (SSSR count). The molecular formula is C30H56NO7+. The van der Waals surface area contributed by atoms with Crippen LogP contribution in [-0.2, 0) is 28.6 Å². The monoisotopic (exact) mass is 542 g/mol. The van der Waals surface area contributed by atoms with Crippen LogP contribution in [0.25, 0.3) is 0 Å². The van der Waals surface area contributed by atoms with Crippen molar-refractivity contribution >= 4 is 17.9 Å². The van der Waals surface area contributed by atoms with E-state index in [0.29, 0.717) is 25.7 Å². The molecule has 2 unspecified atom stereocenters. The predicted molar refractivity (Wildman–Crippen MR) is 151 cm³/mol. The van der Waals surface area contributed by atoms with Crippen LogP contribution in [0.4, 0.5) is 0 Å². The second kappa shape index (κ2) is 23.0. The van der Waals surface area contributed by atoms with Gasteiger partial charge in [0, 0.05) is 19.3 Å². The summed E-state index contributed by atoms with van der Waals surface area (Å²) in [6.07, 6.45) is 18.2. The Kier molecular flexibility index (Phi) is 21.8. The maximum absolute atomic E-state index is 12.4. The Labute approximate surface area is 231 Å². The summed E-state index contributed by atoms with van der Waals surface area (Å²) in [6, 6.07) is -0.607. The highest BCUT2D eigenvalue weighted by Gasteiger charge is 2.31. The van der Waals surface area contributed by atoms with E-state index in [-0.39, 0.29) is 36.2 Å². The number of unbranched alkanes of at least 4 members (excludes halogenated alkanes) is 9. The molecule has 0 saturated carbocycles. The van der Waals surface area contributed by atoms with E-state index >= 15 is 0 Å². The molecule has 0 spiro atoms. The van der Waals surface area contributed by atoms with E-state index in [1.54, 1.807) is 0 Å². The standard InChI is InChI=1S/C30H55NO7/c1-6-8-9-10-11-12-13-14-15-16-17-18-19-21-29(33)38-26(25-37-28(32)20-7-2)24-36-23-22-27(30(34)35)31(3,4)5/h12-13,26-27H,6-11,14-25H2,1-5H3/p+1/b13-12-. The Balaban J connectivity index is 4.27. The SMILES string of the molecule is CCCCCC/C=C\CCCCCCCC(=O)OC(COCCC(C(=O)O)[N+](C)(C)C)COC(=O)CCC. The lowest BCUT2D eigenvalue weighted by Crippen LogP contribution is -2.50. The quantitative estimate of drug-likeness (QED) is 0.0647. The van der Waals surface area contributed by atoms with Gasteiger partial charge in [-0.1, -0.05) is 64.5 Å². The summed E-state index contributed by atoms with van der Waals surface area (Å²) in [7, 11) is 5.47. The maximum Gasteiger partial charge on any atom is 0.362 e. The lowest BCUT2D eigenvalue weighted by Gasteiger charge is -2.31. The van der Waals surface area contributed by atoms with Crippen LogP contribution in [-0.4, -0.2) is 80.6 Å². The van der Waals surface area contributed by atoms with Gasteiger partial charge >= 0.3 is 17.9 Å². The van der Waals surface area contributed by atoms with Gasteiger partial charge in [0.1, 0.15) is 6.61 Å². The minimum absolute atomic E-state index is 0.0563. The van der Waals surface area contributed by atoms with Crippen molar-refractivity contribution in [3.63, 3.8) is 0 Å². The van der Waals surface area contributed by atoms with E-state index in [1.165, 1.54) is 38.5 Å². The molecule has 8 nitrogen and oxygen atoms in total. The first kappa shape index (κ1) is 36.1. The highest BCUT2D eigenvalue weighted by atomic mass is 16.6. The summed E-state index contributed by atoms with van der Waals surface area (Å²) in [5.74, 6) is -1.55. The summed E-state index contributed by atoms with van der Waals surface area (Å²) >= 11 is 0. The summed E-state index contributed by atoms with van der Waals surface area (Å²) in [4.78, 5) is 35.7. The lowest BCUT2D eigenvalue weighted by atomic mass is 10.1. The third-order valence-corrected chi connectivity index (χ3v) is 6.38. The van der Waals surface area contributed by atoms with Gasteiger partial charge in [0.2, 0.25) is 0 Å². The summed E-state index contributed by atoms with van der Waals surface area (Å²) in [5.41, 5.74) is 0. The van der Waals surface area contributed by atoms with Crippen molar-refractivity contribution in [3.05, 3.63) is 12.2 Å². The van der Waals surface area contributed by atoms with E-state index in [9.17, 15) is 19.5 Å². The zero-order chi connectivity index (χ0) is 28.7. The maximum atomic E-state index is 12.4. The third kappa shape index (κ3) is 21.1. The van der Waals surface area contributed by atoms with Crippen molar-refractivity contribution in [2.75, 3.05) is 41.0 Å². The number of quaternary nitrogens is 1. The van der Waals surface area contributed by atoms with E-state index in [0.717, 1.165) is 32.1 Å². The molecule has 0 aromatic rings. The van der Waals surface area contributed by atoms with Crippen molar-refractivity contribution in [2.24, 2.45) is 0 Å². The second-order valence-electron chi connectivity index (χ2n) is 11.0. The van der Waals surface area contributed by atoms with Crippen LogP contribution >= 0.6 is 0 Å². The van der Waals surface area contributed by atoms with Crippen molar-refractivity contribution in [1.82, 2.24) is 0 Å². The average Bonchev–Trinajstić information content (AvgIpc) is 2.84. The minimum atomic E-state index is -0.883. The van der Waals surface area contributed by atoms with Crippen LogP contribution in [0.5, 0.6) is 0 Å². The topological polar surface area (TPSA) is 99.1 Å². The van der Waals surface area contributed by atoms with E-state index in [1.807, 2.05) is 28.1 Å². The summed E-state index contributed by atoms with van der Waals surface area (Å²) in [6.45, 7) is 4.32. The largest absolute Gasteiger partial charge is 0.477 e. The predicted octanol–water partition coefficient (Wildman–Crippen LogP) is 6.06. The first-order valence-electron chi connectivity index (χ1n) is 14.7. The Morgan fingerprint density at radius 1 is 0.763 bits per heavy atom. The molecule has 0 aliphatic heterocycles. The van der Waals surface area contributed by atoms with Crippen molar-refractivity contribution in [3.8, 4) is 0 Å². The molecule has 0 aliphatic rings. The van der Waals surface area contributed by atoms with Crippen LogP contribution in [0, 0.1) is 0 Å². The summed E-state index contributed by atoms with van der Waals surface area (Å²) < 4.78 is 16.7. The summed E-state index contributed by atoms with van der Waals surface area (Å²) in [5, 5.41) is 9.45. The minimum Gasteiger partial charge on any atom is -0.477 e. The fraction of sp³-hybridized carbons (Fsp3) is 0.833. The molecule has 38 heavy (non-hydrogen) atoms. The Hall–Kier alpha value is -1.93. The van der Waals surface area contributed by atoms with Crippen molar-refractivity contribution < 1.29 is 38.2 Å². The number of nitrogens with zero attached hydrogens (tertiary/aromatic N) is 1. The number of carboxylic acid groups (broad SMARTS) is 1. The molecule has 0 amide bonds. The Bertz CT molecular complexity index is 657. The number of rotatable bonds is 25. The molecule has 0 bridgehead atoms. The van der Waals surface area contributed by atoms with E-state index < -0.39 is 18.1 Å². The first-order chi connectivity index (χ1) is 18.1. The van der Waals surface area contributed by atoms with Gasteiger partial charge < -0.3 is 23.8 Å². The molecule has 0 aromatic carbocycles. The van der Waals surface area contributed by atoms with Crippen molar-refractivity contribution in [1.29, 1.82) is 0 Å². The smallest absolute Gasteiger partial charge is 0.362 e. The van der Waals surface area contributed by atoms with Gasteiger partial charge in [0.25, 0.3) is 0 Å². The molecule has 0 aromatic heterocycles. The molecule has 0 aliphatic carbocycles. The van der Waals surface area contributed by atoms with E-state index in [4.69, 9.17) is 14.2 Å². The number of ether oxygens (including phenoxy) is 3. The van der Waals surface area contributed by atoms with Crippen LogP contribution in [0.3, 0.4) is 0 Å². The molecule has 0 radical (unpaired) electrons. The second-order valence-corrected chi connectivity index (χ2v) is 11.0. The third-order valence-electron chi connectivity index (χ3n) is 6.38. The highest BCUT2D eigenvalue weighted by molar-refractivity contribution is 5.72. The average molecular weight is 543 g/mol. The Morgan fingerprint density at radius 2 is 1.37 bits per heavy atom. The number of allylic oxidation sites excluding steroid dienone is 2. The number of carbonyl (C=O) groups excluding carboxylic acids is 2. The normalized spacial score (nSPS) is 13.4. The van der Waals surface area contributed by atoms with Crippen LogP contribution in [0.1, 0.15) is 110 Å². The molecular weight excluding hydrogens is 486 g/mol. The molecule has 0 heterocycles. The van der Waals surface area contributed by atoms with Crippen molar-refractivity contribution in [2.45, 2.75) is 122 Å². The molecule has 0 saturated heterocycles. The van der Waals surface area contributed by atoms with Gasteiger partial charge in [0.05, 0.1) is 34.4 Å². The van der Waals surface area contributed by atoms with Crippen LogP contribution < -0.4 is 0 Å². The molecule has 0 fully saturated rings. The fourth-order valence-electron chi connectivity index (χ4n) is 4.06. The number of hydrogen-bond donors (Lipinski definition) is 1. The number of carboxylic acids is 1. The van der Waals surface area contributed by atoms with Crippen LogP contribution in [0.15, 0.2) is 12.2 Å². The van der Waals surface area contributed by atoms with Gasteiger partial charge in [-0.3, -0.25) is 9.59 Å². The van der Waals surface area contributed by atoms with E-state index in [2.05, 4.69) is 19.1 Å². The fourth-order valence-corrected chi connectivity index (χ4v) is 4.06. The van der Waals surface area contributed by atoms with Gasteiger partial charge in [-0.2, -0.15) is 0 Å². The first-order valence-corrected chi connectivity index (χ1v) is 14.7. The van der Waals surface area contributed by atoms with Gasteiger partial charge in [0.15, 0.2) is 12.1 Å². The lowest BCUT2D eigenvalue weighted by molar-refractivity contribution is -0.887. The Morgan fingerprint density at radius 3 is 1.95 bits per heavy atom. The number of carbonyl (C=O) groups is 3. The van der Waals surface area contributed by atoms with Gasteiger partial charge in [-0.15, -0.1) is 0 Å². The van der Waals surface area contributed by atoms with Crippen LogP contribution in [0.2, 0.25) is 0 Å². The van der Waals surface area contributed by atoms with Gasteiger partial charge in [-0.05, 0) is 38.5 Å². The number of esters is 2. The zero-order valence-corrected chi connectivity index (χ0v) is 24.9. The molecule has 222 valence electrons.